The standard InChI is InChI=1S/C10H21N3O/c1-11-10(14)13(2)8-4-6-9-5-3-7-12-9/h9,12H,3-8H2,1-2H3,(H,11,14). The summed E-state index contributed by atoms with van der Waals surface area (Å²) in [5, 5.41) is 6.07. The van der Waals surface area contributed by atoms with E-state index in [-0.39, 0.29) is 6.03 Å². The average Bonchev–Trinajstić information content (AvgIpc) is 2.69. The highest BCUT2D eigenvalue weighted by atomic mass is 16.2. The maximum atomic E-state index is 11.1. The van der Waals surface area contributed by atoms with Crippen molar-refractivity contribution in [3.8, 4) is 0 Å². The molecule has 1 rings (SSSR count). The first-order valence-corrected chi connectivity index (χ1v) is 5.40. The zero-order chi connectivity index (χ0) is 10.4. The summed E-state index contributed by atoms with van der Waals surface area (Å²) in [6.45, 7) is 2.01. The van der Waals surface area contributed by atoms with Crippen molar-refractivity contribution in [2.75, 3.05) is 27.2 Å². The Morgan fingerprint density at radius 1 is 1.64 bits per heavy atom. The molecule has 0 saturated carbocycles. The number of amides is 2. The predicted molar refractivity (Wildman–Crippen MR) is 57.3 cm³/mol. The third kappa shape index (κ3) is 3.54. The lowest BCUT2D eigenvalue weighted by Gasteiger charge is -2.17. The first-order chi connectivity index (χ1) is 6.74. The number of hydrogen-bond donors (Lipinski definition) is 2. The highest BCUT2D eigenvalue weighted by Gasteiger charge is 2.14. The summed E-state index contributed by atoms with van der Waals surface area (Å²) < 4.78 is 0. The van der Waals surface area contributed by atoms with Crippen LogP contribution >= 0.6 is 0 Å². The number of nitrogens with one attached hydrogen (secondary N) is 2. The summed E-state index contributed by atoms with van der Waals surface area (Å²) in [5.41, 5.74) is 0. The van der Waals surface area contributed by atoms with Gasteiger partial charge in [0, 0.05) is 26.7 Å². The van der Waals surface area contributed by atoms with Gasteiger partial charge in [-0.1, -0.05) is 0 Å². The molecule has 1 fully saturated rings. The topological polar surface area (TPSA) is 44.4 Å². The van der Waals surface area contributed by atoms with E-state index < -0.39 is 0 Å². The fourth-order valence-corrected chi connectivity index (χ4v) is 1.87. The van der Waals surface area contributed by atoms with Gasteiger partial charge in [-0.2, -0.15) is 0 Å². The molecule has 2 N–H and O–H groups in total. The minimum absolute atomic E-state index is 0.00406. The van der Waals surface area contributed by atoms with Gasteiger partial charge in [0.05, 0.1) is 0 Å². The molecule has 4 heteroatoms. The molecule has 1 heterocycles. The van der Waals surface area contributed by atoms with Crippen molar-refractivity contribution in [1.29, 1.82) is 0 Å². The van der Waals surface area contributed by atoms with E-state index in [0.717, 1.165) is 19.5 Å². The zero-order valence-electron chi connectivity index (χ0n) is 9.18. The van der Waals surface area contributed by atoms with Crippen molar-refractivity contribution in [3.05, 3.63) is 0 Å². The maximum absolute atomic E-state index is 11.1. The molecule has 0 aliphatic carbocycles. The summed E-state index contributed by atoms with van der Waals surface area (Å²) >= 11 is 0. The van der Waals surface area contributed by atoms with Crippen molar-refractivity contribution in [2.45, 2.75) is 31.7 Å². The van der Waals surface area contributed by atoms with Crippen LogP contribution in [0.5, 0.6) is 0 Å². The molecule has 0 bridgehead atoms. The molecular weight excluding hydrogens is 178 g/mol. The third-order valence-corrected chi connectivity index (χ3v) is 2.77. The number of nitrogens with zero attached hydrogens (tertiary/aromatic N) is 1. The van der Waals surface area contributed by atoms with E-state index in [0.29, 0.717) is 6.04 Å². The van der Waals surface area contributed by atoms with Crippen LogP contribution in [0.2, 0.25) is 0 Å². The Hall–Kier alpha value is -0.770. The lowest BCUT2D eigenvalue weighted by atomic mass is 10.1. The van der Waals surface area contributed by atoms with E-state index in [2.05, 4.69) is 10.6 Å². The second-order valence-corrected chi connectivity index (χ2v) is 3.91. The Labute approximate surface area is 86.0 Å². The van der Waals surface area contributed by atoms with Gasteiger partial charge in [-0.05, 0) is 32.2 Å². The average molecular weight is 199 g/mol. The lowest BCUT2D eigenvalue weighted by Crippen LogP contribution is -2.36. The van der Waals surface area contributed by atoms with Crippen LogP contribution in [0.25, 0.3) is 0 Å². The quantitative estimate of drug-likeness (QED) is 0.703. The van der Waals surface area contributed by atoms with Gasteiger partial charge in [0.2, 0.25) is 0 Å². The largest absolute Gasteiger partial charge is 0.341 e. The minimum Gasteiger partial charge on any atom is -0.341 e. The molecule has 2 amide bonds. The van der Waals surface area contributed by atoms with Crippen LogP contribution in [0.4, 0.5) is 4.79 Å². The van der Waals surface area contributed by atoms with Crippen molar-refractivity contribution < 1.29 is 4.79 Å². The highest BCUT2D eigenvalue weighted by molar-refractivity contribution is 5.73. The van der Waals surface area contributed by atoms with E-state index in [4.69, 9.17) is 0 Å². The molecule has 1 aliphatic heterocycles. The van der Waals surface area contributed by atoms with Gasteiger partial charge in [-0.15, -0.1) is 0 Å². The molecule has 4 nitrogen and oxygen atoms in total. The number of carbonyl (C=O) groups excluding carboxylic acids is 1. The van der Waals surface area contributed by atoms with Crippen molar-refractivity contribution in [1.82, 2.24) is 15.5 Å². The molecule has 1 aliphatic rings. The molecular formula is C10H21N3O. The number of hydrogen-bond acceptors (Lipinski definition) is 2. The molecule has 0 radical (unpaired) electrons. The lowest BCUT2D eigenvalue weighted by molar-refractivity contribution is 0.209. The van der Waals surface area contributed by atoms with Gasteiger partial charge in [0.1, 0.15) is 0 Å². The van der Waals surface area contributed by atoms with E-state index in [9.17, 15) is 4.79 Å². The molecule has 1 unspecified atom stereocenters. The van der Waals surface area contributed by atoms with E-state index in [1.807, 2.05) is 7.05 Å². The summed E-state index contributed by atoms with van der Waals surface area (Å²) in [6.07, 6.45) is 4.86. The Morgan fingerprint density at radius 3 is 3.00 bits per heavy atom. The summed E-state index contributed by atoms with van der Waals surface area (Å²) in [4.78, 5) is 12.9. The van der Waals surface area contributed by atoms with Gasteiger partial charge < -0.3 is 15.5 Å². The zero-order valence-corrected chi connectivity index (χ0v) is 9.18. The van der Waals surface area contributed by atoms with Crippen LogP contribution in [-0.2, 0) is 0 Å². The summed E-state index contributed by atoms with van der Waals surface area (Å²) in [7, 11) is 3.50. The third-order valence-electron chi connectivity index (χ3n) is 2.77. The Kier molecular flexibility index (Phi) is 4.73. The van der Waals surface area contributed by atoms with E-state index >= 15 is 0 Å². The molecule has 14 heavy (non-hydrogen) atoms. The molecule has 82 valence electrons. The summed E-state index contributed by atoms with van der Waals surface area (Å²) in [5.74, 6) is 0. The fraction of sp³-hybridized carbons (Fsp3) is 0.900. The van der Waals surface area contributed by atoms with Gasteiger partial charge >= 0.3 is 6.03 Å². The Bertz CT molecular complexity index is 178. The number of urea groups is 1. The summed E-state index contributed by atoms with van der Waals surface area (Å²) in [6, 6.07) is 0.692. The van der Waals surface area contributed by atoms with Crippen LogP contribution in [0.15, 0.2) is 0 Å². The first-order valence-electron chi connectivity index (χ1n) is 5.40. The van der Waals surface area contributed by atoms with Gasteiger partial charge in [0.25, 0.3) is 0 Å². The highest BCUT2D eigenvalue weighted by Crippen LogP contribution is 2.10. The molecule has 0 aromatic carbocycles. The number of carbonyl (C=O) groups is 1. The van der Waals surface area contributed by atoms with Crippen molar-refractivity contribution in [2.24, 2.45) is 0 Å². The Balaban J connectivity index is 2.05. The predicted octanol–water partition coefficient (Wildman–Crippen LogP) is 0.790. The van der Waals surface area contributed by atoms with Gasteiger partial charge in [-0.3, -0.25) is 0 Å². The van der Waals surface area contributed by atoms with E-state index in [1.54, 1.807) is 11.9 Å². The second-order valence-electron chi connectivity index (χ2n) is 3.91. The van der Waals surface area contributed by atoms with Crippen LogP contribution in [-0.4, -0.2) is 44.2 Å². The van der Waals surface area contributed by atoms with Crippen LogP contribution in [0.1, 0.15) is 25.7 Å². The van der Waals surface area contributed by atoms with Crippen molar-refractivity contribution in [3.63, 3.8) is 0 Å². The fourth-order valence-electron chi connectivity index (χ4n) is 1.87. The van der Waals surface area contributed by atoms with Gasteiger partial charge in [-0.25, -0.2) is 4.79 Å². The van der Waals surface area contributed by atoms with Gasteiger partial charge in [0.15, 0.2) is 0 Å². The molecule has 0 aromatic rings. The monoisotopic (exact) mass is 199 g/mol. The Morgan fingerprint density at radius 2 is 2.43 bits per heavy atom. The van der Waals surface area contributed by atoms with Crippen LogP contribution in [0, 0.1) is 0 Å². The number of rotatable bonds is 4. The van der Waals surface area contributed by atoms with Crippen molar-refractivity contribution >= 4 is 6.03 Å². The first kappa shape index (κ1) is 11.3. The van der Waals surface area contributed by atoms with E-state index in [1.165, 1.54) is 19.3 Å². The molecule has 1 saturated heterocycles. The molecule has 0 spiro atoms. The SMILES string of the molecule is CNC(=O)N(C)CCCC1CCCN1. The molecule has 1 atom stereocenters. The normalized spacial score (nSPS) is 20.9. The smallest absolute Gasteiger partial charge is 0.316 e. The molecule has 0 aromatic heterocycles. The van der Waals surface area contributed by atoms with Crippen LogP contribution in [0.3, 0.4) is 0 Å². The minimum atomic E-state index is 0.00406. The van der Waals surface area contributed by atoms with Crippen LogP contribution < -0.4 is 10.6 Å². The second kappa shape index (κ2) is 5.86. The maximum Gasteiger partial charge on any atom is 0.316 e.